The highest BCUT2D eigenvalue weighted by atomic mass is 35.5. The maximum absolute atomic E-state index is 12.5. The molecule has 2 aliphatic rings. The number of likely N-dealkylation sites (tertiary alicyclic amines) is 1. The van der Waals surface area contributed by atoms with Gasteiger partial charge in [0.2, 0.25) is 0 Å². The molecule has 0 atom stereocenters. The average molecular weight is 387 g/mol. The first-order chi connectivity index (χ1) is 13.2. The molecule has 0 radical (unpaired) electrons. The molecular formula is C19H23ClN6O. The lowest BCUT2D eigenvalue weighted by molar-refractivity contribution is 0.0605. The summed E-state index contributed by atoms with van der Waals surface area (Å²) in [6.45, 7) is 5.38. The van der Waals surface area contributed by atoms with Crippen molar-refractivity contribution in [3.8, 4) is 0 Å². The van der Waals surface area contributed by atoms with E-state index in [0.29, 0.717) is 16.8 Å². The van der Waals surface area contributed by atoms with Gasteiger partial charge in [-0.15, -0.1) is 0 Å². The third-order valence-corrected chi connectivity index (χ3v) is 5.70. The number of rotatable bonds is 3. The van der Waals surface area contributed by atoms with Crippen LogP contribution in [-0.2, 0) is 0 Å². The van der Waals surface area contributed by atoms with E-state index in [1.54, 1.807) is 18.6 Å². The highest BCUT2D eigenvalue weighted by Crippen LogP contribution is 2.25. The van der Waals surface area contributed by atoms with E-state index in [2.05, 4.69) is 24.8 Å². The van der Waals surface area contributed by atoms with E-state index in [1.807, 2.05) is 17.0 Å². The highest BCUT2D eigenvalue weighted by Gasteiger charge is 2.30. The van der Waals surface area contributed by atoms with Crippen LogP contribution in [0.15, 0.2) is 36.9 Å². The van der Waals surface area contributed by atoms with Crippen molar-refractivity contribution in [2.75, 3.05) is 44.2 Å². The van der Waals surface area contributed by atoms with Gasteiger partial charge in [-0.05, 0) is 25.0 Å². The molecule has 0 saturated carbocycles. The van der Waals surface area contributed by atoms with Crippen molar-refractivity contribution >= 4 is 23.3 Å². The van der Waals surface area contributed by atoms with E-state index in [0.717, 1.165) is 57.9 Å². The third kappa shape index (κ3) is 4.04. The standard InChI is InChI=1S/C19H23ClN6O/c20-16-2-1-5-23-18(16)25-12-10-24(11-13-25)15-3-8-26(9-4-15)19(27)17-14-21-6-7-22-17/h1-2,5-7,14-15H,3-4,8-13H2. The number of hydrogen-bond donors (Lipinski definition) is 0. The van der Waals surface area contributed by atoms with E-state index in [1.165, 1.54) is 6.20 Å². The van der Waals surface area contributed by atoms with Crippen LogP contribution >= 0.6 is 11.6 Å². The van der Waals surface area contributed by atoms with Crippen LogP contribution in [-0.4, -0.2) is 76.0 Å². The normalized spacial score (nSPS) is 19.3. The zero-order valence-corrected chi connectivity index (χ0v) is 15.9. The Hall–Kier alpha value is -2.25. The second kappa shape index (κ2) is 8.19. The molecule has 0 bridgehead atoms. The lowest BCUT2D eigenvalue weighted by Gasteiger charge is -2.43. The van der Waals surface area contributed by atoms with Crippen LogP contribution in [0.4, 0.5) is 5.82 Å². The Labute approximate surface area is 164 Å². The Morgan fingerprint density at radius 3 is 2.44 bits per heavy atom. The Morgan fingerprint density at radius 1 is 1.00 bits per heavy atom. The summed E-state index contributed by atoms with van der Waals surface area (Å²) in [5.74, 6) is 0.861. The summed E-state index contributed by atoms with van der Waals surface area (Å²) in [5, 5.41) is 0.710. The fraction of sp³-hybridized carbons (Fsp3) is 0.474. The molecule has 27 heavy (non-hydrogen) atoms. The number of carbonyl (C=O) groups is 1. The quantitative estimate of drug-likeness (QED) is 0.803. The van der Waals surface area contributed by atoms with Crippen molar-refractivity contribution in [2.24, 2.45) is 0 Å². The van der Waals surface area contributed by atoms with Crippen molar-refractivity contribution < 1.29 is 4.79 Å². The largest absolute Gasteiger partial charge is 0.353 e. The molecule has 8 heteroatoms. The van der Waals surface area contributed by atoms with Crippen LogP contribution in [0.3, 0.4) is 0 Å². The van der Waals surface area contributed by atoms with Crippen LogP contribution in [0.5, 0.6) is 0 Å². The van der Waals surface area contributed by atoms with E-state index in [9.17, 15) is 4.79 Å². The Balaban J connectivity index is 1.29. The molecule has 0 unspecified atom stereocenters. The SMILES string of the molecule is O=C(c1cnccn1)N1CCC(N2CCN(c3ncccc3Cl)CC2)CC1. The van der Waals surface area contributed by atoms with Crippen molar-refractivity contribution in [3.05, 3.63) is 47.6 Å². The van der Waals surface area contributed by atoms with Crippen molar-refractivity contribution in [1.29, 1.82) is 0 Å². The van der Waals surface area contributed by atoms with Gasteiger partial charge in [0.05, 0.1) is 11.2 Å². The Bertz CT molecular complexity index is 773. The van der Waals surface area contributed by atoms with Gasteiger partial charge >= 0.3 is 0 Å². The summed E-state index contributed by atoms with van der Waals surface area (Å²) < 4.78 is 0. The molecular weight excluding hydrogens is 364 g/mol. The van der Waals surface area contributed by atoms with Crippen LogP contribution in [0.2, 0.25) is 5.02 Å². The van der Waals surface area contributed by atoms with Gasteiger partial charge < -0.3 is 9.80 Å². The number of amides is 1. The molecule has 2 saturated heterocycles. The fourth-order valence-corrected chi connectivity index (χ4v) is 4.16. The first kappa shape index (κ1) is 18.1. The number of nitrogens with zero attached hydrogens (tertiary/aromatic N) is 6. The summed E-state index contributed by atoms with van der Waals surface area (Å²) in [7, 11) is 0. The van der Waals surface area contributed by atoms with Crippen molar-refractivity contribution in [2.45, 2.75) is 18.9 Å². The monoisotopic (exact) mass is 386 g/mol. The number of piperazine rings is 1. The van der Waals surface area contributed by atoms with Crippen LogP contribution in [0.1, 0.15) is 23.3 Å². The second-order valence-electron chi connectivity index (χ2n) is 6.95. The number of aromatic nitrogens is 3. The molecule has 0 aliphatic carbocycles. The maximum Gasteiger partial charge on any atom is 0.274 e. The maximum atomic E-state index is 12.5. The van der Waals surface area contributed by atoms with E-state index < -0.39 is 0 Å². The lowest BCUT2D eigenvalue weighted by atomic mass is 10.0. The fourth-order valence-electron chi connectivity index (χ4n) is 3.91. The van der Waals surface area contributed by atoms with Gasteiger partial charge in [-0.25, -0.2) is 9.97 Å². The van der Waals surface area contributed by atoms with Gasteiger partial charge in [0.25, 0.3) is 5.91 Å². The summed E-state index contributed by atoms with van der Waals surface area (Å²) in [5.41, 5.74) is 0.428. The van der Waals surface area contributed by atoms with E-state index in [4.69, 9.17) is 11.6 Å². The zero-order chi connectivity index (χ0) is 18.6. The Kier molecular flexibility index (Phi) is 5.50. The van der Waals surface area contributed by atoms with E-state index in [-0.39, 0.29) is 5.91 Å². The van der Waals surface area contributed by atoms with Crippen molar-refractivity contribution in [3.63, 3.8) is 0 Å². The van der Waals surface area contributed by atoms with Crippen LogP contribution in [0.25, 0.3) is 0 Å². The minimum Gasteiger partial charge on any atom is -0.353 e. The molecule has 2 fully saturated rings. The number of hydrogen-bond acceptors (Lipinski definition) is 6. The minimum atomic E-state index is -0.0174. The smallest absolute Gasteiger partial charge is 0.274 e. The van der Waals surface area contributed by atoms with Gasteiger partial charge in [0, 0.05) is 63.9 Å². The second-order valence-corrected chi connectivity index (χ2v) is 7.35. The molecule has 142 valence electrons. The molecule has 0 N–H and O–H groups in total. The number of halogens is 1. The molecule has 7 nitrogen and oxygen atoms in total. The predicted octanol–water partition coefficient (Wildman–Crippen LogP) is 1.95. The first-order valence-electron chi connectivity index (χ1n) is 9.37. The number of anilines is 1. The number of pyridine rings is 1. The minimum absolute atomic E-state index is 0.0174. The first-order valence-corrected chi connectivity index (χ1v) is 9.75. The van der Waals surface area contributed by atoms with Crippen molar-refractivity contribution in [1.82, 2.24) is 24.8 Å². The summed E-state index contributed by atoms with van der Waals surface area (Å²) >= 11 is 6.27. The molecule has 0 spiro atoms. The van der Waals surface area contributed by atoms with E-state index >= 15 is 0 Å². The predicted molar refractivity (Wildman–Crippen MR) is 104 cm³/mol. The topological polar surface area (TPSA) is 65.5 Å². The molecule has 2 aliphatic heterocycles. The van der Waals surface area contributed by atoms with Gasteiger partial charge in [0.1, 0.15) is 11.5 Å². The van der Waals surface area contributed by atoms with Crippen LogP contribution in [0, 0.1) is 0 Å². The summed E-state index contributed by atoms with van der Waals surface area (Å²) in [4.78, 5) is 31.7. The van der Waals surface area contributed by atoms with Crippen LogP contribution < -0.4 is 4.90 Å². The molecule has 2 aromatic rings. The molecule has 4 rings (SSSR count). The molecule has 2 aromatic heterocycles. The van der Waals surface area contributed by atoms with Gasteiger partial charge in [-0.1, -0.05) is 11.6 Å². The molecule has 4 heterocycles. The number of piperidine rings is 1. The summed E-state index contributed by atoms with van der Waals surface area (Å²) in [6, 6.07) is 4.27. The number of carbonyl (C=O) groups excluding carboxylic acids is 1. The summed E-state index contributed by atoms with van der Waals surface area (Å²) in [6.07, 6.45) is 8.47. The lowest BCUT2D eigenvalue weighted by Crippen LogP contribution is -2.54. The zero-order valence-electron chi connectivity index (χ0n) is 15.2. The average Bonchev–Trinajstić information content (AvgIpc) is 2.74. The highest BCUT2D eigenvalue weighted by molar-refractivity contribution is 6.32. The van der Waals surface area contributed by atoms with Gasteiger partial charge in [-0.2, -0.15) is 0 Å². The van der Waals surface area contributed by atoms with Gasteiger partial charge in [0.15, 0.2) is 0 Å². The molecule has 1 amide bonds. The Morgan fingerprint density at radius 2 is 1.78 bits per heavy atom. The van der Waals surface area contributed by atoms with Gasteiger partial charge in [-0.3, -0.25) is 14.7 Å². The molecule has 0 aromatic carbocycles. The third-order valence-electron chi connectivity index (χ3n) is 5.40.